The predicted octanol–water partition coefficient (Wildman–Crippen LogP) is 2.99. The van der Waals surface area contributed by atoms with Gasteiger partial charge in [0.25, 0.3) is 0 Å². The molecule has 0 aliphatic carbocycles. The van der Waals surface area contributed by atoms with Crippen LogP contribution in [0.4, 0.5) is 0 Å². The molecule has 5 nitrogen and oxygen atoms in total. The highest BCUT2D eigenvalue weighted by atomic mass is 127. The lowest BCUT2D eigenvalue weighted by atomic mass is 10.1. The van der Waals surface area contributed by atoms with Crippen molar-refractivity contribution in [1.82, 2.24) is 15.5 Å². The van der Waals surface area contributed by atoms with E-state index in [0.717, 1.165) is 45.1 Å². The maximum absolute atomic E-state index is 5.84. The lowest BCUT2D eigenvalue weighted by Crippen LogP contribution is -2.45. The molecule has 1 heterocycles. The number of nitrogens with zero attached hydrogens (tertiary/aromatic N) is 2. The van der Waals surface area contributed by atoms with Crippen LogP contribution in [0.1, 0.15) is 38.3 Å². The molecule has 6 heteroatoms. The van der Waals surface area contributed by atoms with Gasteiger partial charge in [0, 0.05) is 39.8 Å². The van der Waals surface area contributed by atoms with E-state index < -0.39 is 0 Å². The van der Waals surface area contributed by atoms with Crippen molar-refractivity contribution in [3.63, 3.8) is 0 Å². The number of benzene rings is 1. The van der Waals surface area contributed by atoms with Gasteiger partial charge in [-0.05, 0) is 31.4 Å². The summed E-state index contributed by atoms with van der Waals surface area (Å²) in [4.78, 5) is 6.76. The normalized spacial score (nSPS) is 21.5. The Morgan fingerprint density at radius 3 is 2.40 bits per heavy atom. The molecule has 2 N–H and O–H groups in total. The average molecular weight is 460 g/mol. The highest BCUT2D eigenvalue weighted by Gasteiger charge is 2.22. The lowest BCUT2D eigenvalue weighted by molar-refractivity contribution is -0.0705. The van der Waals surface area contributed by atoms with Crippen LogP contribution in [-0.2, 0) is 17.8 Å². The summed E-state index contributed by atoms with van der Waals surface area (Å²) in [5.74, 6) is 0.861. The van der Waals surface area contributed by atoms with Crippen molar-refractivity contribution in [2.45, 2.75) is 52.5 Å². The summed E-state index contributed by atoms with van der Waals surface area (Å²) in [6.45, 7) is 11.1. The fourth-order valence-corrected chi connectivity index (χ4v) is 3.18. The molecule has 1 aromatic carbocycles. The Hall–Kier alpha value is -0.860. The average Bonchev–Trinajstić information content (AvgIpc) is 2.55. The Morgan fingerprint density at radius 1 is 1.16 bits per heavy atom. The topological polar surface area (TPSA) is 48.9 Å². The SMILES string of the molecule is CCCNC(=NC)NCc1ccccc1CN1CC(C)OC(C)C1.I. The summed E-state index contributed by atoms with van der Waals surface area (Å²) in [5, 5.41) is 6.73. The minimum atomic E-state index is 0. The van der Waals surface area contributed by atoms with Crippen molar-refractivity contribution in [2.24, 2.45) is 4.99 Å². The zero-order valence-electron chi connectivity index (χ0n) is 15.9. The summed E-state index contributed by atoms with van der Waals surface area (Å²) in [6, 6.07) is 8.65. The van der Waals surface area contributed by atoms with E-state index in [-0.39, 0.29) is 24.0 Å². The van der Waals surface area contributed by atoms with E-state index in [1.54, 1.807) is 0 Å². The fraction of sp³-hybridized carbons (Fsp3) is 0.632. The number of hydrogen-bond acceptors (Lipinski definition) is 3. The molecule has 0 bridgehead atoms. The maximum Gasteiger partial charge on any atom is 0.191 e. The Morgan fingerprint density at radius 2 is 1.80 bits per heavy atom. The first kappa shape index (κ1) is 22.2. The summed E-state index contributed by atoms with van der Waals surface area (Å²) < 4.78 is 5.84. The highest BCUT2D eigenvalue weighted by Crippen LogP contribution is 2.16. The number of rotatable bonds is 6. The third-order valence-electron chi connectivity index (χ3n) is 4.22. The number of halogens is 1. The largest absolute Gasteiger partial charge is 0.373 e. The first-order valence-corrected chi connectivity index (χ1v) is 9.01. The molecular weight excluding hydrogens is 427 g/mol. The molecule has 1 fully saturated rings. The zero-order valence-corrected chi connectivity index (χ0v) is 18.2. The monoisotopic (exact) mass is 460 g/mol. The quantitative estimate of drug-likeness (QED) is 0.390. The number of nitrogens with one attached hydrogen (secondary N) is 2. The minimum Gasteiger partial charge on any atom is -0.373 e. The summed E-state index contributed by atoms with van der Waals surface area (Å²) in [6.07, 6.45) is 1.69. The summed E-state index contributed by atoms with van der Waals surface area (Å²) >= 11 is 0. The molecule has 2 atom stereocenters. The second kappa shape index (κ2) is 11.7. The molecular formula is C19H33IN4O. The molecule has 1 aliphatic heterocycles. The van der Waals surface area contributed by atoms with Crippen LogP contribution in [0.25, 0.3) is 0 Å². The third-order valence-corrected chi connectivity index (χ3v) is 4.22. The summed E-state index contributed by atoms with van der Waals surface area (Å²) in [5.41, 5.74) is 2.70. The fourth-order valence-electron chi connectivity index (χ4n) is 3.18. The Bertz CT molecular complexity index is 528. The first-order valence-electron chi connectivity index (χ1n) is 9.01. The number of aliphatic imine (C=N–C) groups is 1. The van der Waals surface area contributed by atoms with Crippen molar-refractivity contribution in [2.75, 3.05) is 26.7 Å². The van der Waals surface area contributed by atoms with Gasteiger partial charge in [0.1, 0.15) is 0 Å². The van der Waals surface area contributed by atoms with Crippen LogP contribution < -0.4 is 10.6 Å². The molecule has 25 heavy (non-hydrogen) atoms. The van der Waals surface area contributed by atoms with Gasteiger partial charge in [-0.15, -0.1) is 24.0 Å². The molecule has 0 saturated carbocycles. The second-order valence-electron chi connectivity index (χ2n) is 6.57. The van der Waals surface area contributed by atoms with Crippen molar-refractivity contribution < 1.29 is 4.74 Å². The molecule has 1 aliphatic rings. The number of hydrogen-bond donors (Lipinski definition) is 2. The van der Waals surface area contributed by atoms with Crippen molar-refractivity contribution >= 4 is 29.9 Å². The van der Waals surface area contributed by atoms with Gasteiger partial charge in [-0.1, -0.05) is 31.2 Å². The highest BCUT2D eigenvalue weighted by molar-refractivity contribution is 14.0. The van der Waals surface area contributed by atoms with Crippen LogP contribution in [0.15, 0.2) is 29.3 Å². The molecule has 2 rings (SSSR count). The van der Waals surface area contributed by atoms with Gasteiger partial charge in [-0.2, -0.15) is 0 Å². The van der Waals surface area contributed by atoms with Gasteiger partial charge in [0.2, 0.25) is 0 Å². The van der Waals surface area contributed by atoms with Crippen LogP contribution >= 0.6 is 24.0 Å². The first-order chi connectivity index (χ1) is 11.6. The zero-order chi connectivity index (χ0) is 17.4. The van der Waals surface area contributed by atoms with Crippen LogP contribution in [0, 0.1) is 0 Å². The van der Waals surface area contributed by atoms with E-state index in [0.29, 0.717) is 12.2 Å². The Labute approximate surface area is 169 Å². The number of ether oxygens (including phenoxy) is 1. The van der Waals surface area contributed by atoms with E-state index in [1.807, 2.05) is 7.05 Å². The van der Waals surface area contributed by atoms with Gasteiger partial charge < -0.3 is 15.4 Å². The van der Waals surface area contributed by atoms with Gasteiger partial charge in [-0.3, -0.25) is 9.89 Å². The number of morpholine rings is 1. The second-order valence-corrected chi connectivity index (χ2v) is 6.57. The van der Waals surface area contributed by atoms with Crippen LogP contribution in [0.5, 0.6) is 0 Å². The maximum atomic E-state index is 5.84. The molecule has 0 amide bonds. The third kappa shape index (κ3) is 7.50. The molecule has 1 saturated heterocycles. The van der Waals surface area contributed by atoms with Crippen LogP contribution in [0.3, 0.4) is 0 Å². The van der Waals surface area contributed by atoms with Gasteiger partial charge in [0.05, 0.1) is 12.2 Å². The summed E-state index contributed by atoms with van der Waals surface area (Å²) in [7, 11) is 1.81. The van der Waals surface area contributed by atoms with Crippen molar-refractivity contribution in [1.29, 1.82) is 0 Å². The number of guanidine groups is 1. The Balaban J connectivity index is 0.00000312. The predicted molar refractivity (Wildman–Crippen MR) is 116 cm³/mol. The van der Waals surface area contributed by atoms with E-state index in [4.69, 9.17) is 4.74 Å². The van der Waals surface area contributed by atoms with E-state index in [1.165, 1.54) is 11.1 Å². The van der Waals surface area contributed by atoms with E-state index in [9.17, 15) is 0 Å². The standard InChI is InChI=1S/C19H32N4O.HI/c1-5-10-21-19(20-4)22-11-17-8-6-7-9-18(17)14-23-12-15(2)24-16(3)13-23;/h6-9,15-16H,5,10-14H2,1-4H3,(H2,20,21,22);1H. The van der Waals surface area contributed by atoms with Crippen molar-refractivity contribution in [3.8, 4) is 0 Å². The molecule has 0 radical (unpaired) electrons. The van der Waals surface area contributed by atoms with Gasteiger partial charge in [-0.25, -0.2) is 0 Å². The smallest absolute Gasteiger partial charge is 0.191 e. The van der Waals surface area contributed by atoms with E-state index in [2.05, 4.69) is 65.6 Å². The molecule has 2 unspecified atom stereocenters. The molecule has 0 aromatic heterocycles. The van der Waals surface area contributed by atoms with Crippen LogP contribution in [0.2, 0.25) is 0 Å². The molecule has 1 aromatic rings. The molecule has 0 spiro atoms. The van der Waals surface area contributed by atoms with Gasteiger partial charge in [0.15, 0.2) is 5.96 Å². The van der Waals surface area contributed by atoms with Crippen molar-refractivity contribution in [3.05, 3.63) is 35.4 Å². The van der Waals surface area contributed by atoms with Crippen LogP contribution in [-0.4, -0.2) is 49.7 Å². The molecule has 142 valence electrons. The van der Waals surface area contributed by atoms with E-state index >= 15 is 0 Å². The lowest BCUT2D eigenvalue weighted by Gasteiger charge is -2.35. The minimum absolute atomic E-state index is 0. The van der Waals surface area contributed by atoms with Gasteiger partial charge >= 0.3 is 0 Å². The Kier molecular flexibility index (Phi) is 10.4.